The Balaban J connectivity index is 0.00000210. The van der Waals surface area contributed by atoms with E-state index in [0.29, 0.717) is 41.2 Å². The summed E-state index contributed by atoms with van der Waals surface area (Å²) < 4.78 is 0. The number of nitrogens with two attached hydrogens (primary N) is 1. The maximum atomic E-state index is 12.9. The number of nitrogens with one attached hydrogen (secondary N) is 2. The van der Waals surface area contributed by atoms with Gasteiger partial charge >= 0.3 is 6.03 Å². The van der Waals surface area contributed by atoms with E-state index >= 15 is 0 Å². The fourth-order valence-electron chi connectivity index (χ4n) is 4.82. The number of carbonyl (C=O) groups is 2. The van der Waals surface area contributed by atoms with E-state index in [4.69, 9.17) is 17.3 Å². The zero-order valence-electron chi connectivity index (χ0n) is 15.1. The van der Waals surface area contributed by atoms with Crippen molar-refractivity contribution in [3.8, 4) is 0 Å². The van der Waals surface area contributed by atoms with Crippen molar-refractivity contribution < 1.29 is 9.59 Å². The quantitative estimate of drug-likeness (QED) is 0.712. The van der Waals surface area contributed by atoms with Crippen LogP contribution in [-0.4, -0.2) is 37.1 Å². The summed E-state index contributed by atoms with van der Waals surface area (Å²) in [5, 5.41) is 6.48. The van der Waals surface area contributed by atoms with Gasteiger partial charge in [-0.25, -0.2) is 4.79 Å². The van der Waals surface area contributed by atoms with Crippen molar-refractivity contribution in [3.05, 3.63) is 28.8 Å². The standard InChI is InChI=1S/C19H25ClN4O2.ClH/c20-15-5-4-13(10-16(15)24-7-6-22-19(24)26)18(25)23-17-11-2-1-3-12(17)9-14(21)8-11;/h4-5,10-12,14,17H,1-3,6-9,21H2,(H,22,26)(H,23,25);1H. The molecule has 1 saturated heterocycles. The number of nitrogens with zero attached hydrogens (tertiary/aromatic N) is 1. The maximum Gasteiger partial charge on any atom is 0.322 e. The lowest BCUT2D eigenvalue weighted by Crippen LogP contribution is -2.53. The van der Waals surface area contributed by atoms with Crippen LogP contribution in [0.15, 0.2) is 18.2 Å². The zero-order chi connectivity index (χ0) is 18.3. The molecule has 1 aliphatic heterocycles. The average molecular weight is 413 g/mol. The topological polar surface area (TPSA) is 87.5 Å². The molecule has 3 amide bonds. The smallest absolute Gasteiger partial charge is 0.322 e. The van der Waals surface area contributed by atoms with E-state index < -0.39 is 0 Å². The molecule has 2 aliphatic carbocycles. The highest BCUT2D eigenvalue weighted by Crippen LogP contribution is 2.40. The first-order valence-corrected chi connectivity index (χ1v) is 9.82. The third-order valence-electron chi connectivity index (χ3n) is 6.03. The van der Waals surface area contributed by atoms with Crippen LogP contribution in [0.25, 0.3) is 0 Å². The van der Waals surface area contributed by atoms with E-state index in [0.717, 1.165) is 25.7 Å². The molecule has 8 heteroatoms. The summed E-state index contributed by atoms with van der Waals surface area (Å²) >= 11 is 6.26. The van der Waals surface area contributed by atoms with E-state index in [-0.39, 0.29) is 36.4 Å². The Morgan fingerprint density at radius 2 is 1.96 bits per heavy atom. The monoisotopic (exact) mass is 412 g/mol. The lowest BCUT2D eigenvalue weighted by Gasteiger charge is -2.45. The number of hydrogen-bond acceptors (Lipinski definition) is 3. The van der Waals surface area contributed by atoms with Crippen LogP contribution in [0.5, 0.6) is 0 Å². The summed E-state index contributed by atoms with van der Waals surface area (Å²) in [5.74, 6) is 0.843. The van der Waals surface area contributed by atoms with Gasteiger partial charge in [0.15, 0.2) is 0 Å². The molecule has 2 atom stereocenters. The molecular weight excluding hydrogens is 387 g/mol. The molecule has 0 aromatic heterocycles. The number of rotatable bonds is 3. The van der Waals surface area contributed by atoms with E-state index in [1.54, 1.807) is 23.1 Å². The zero-order valence-corrected chi connectivity index (χ0v) is 16.7. The summed E-state index contributed by atoms with van der Waals surface area (Å²) in [6, 6.07) is 5.40. The predicted octanol–water partition coefficient (Wildman–Crippen LogP) is 2.93. The molecule has 148 valence electrons. The number of carbonyl (C=O) groups excluding carboxylic acids is 2. The molecule has 2 unspecified atom stereocenters. The second kappa shape index (κ2) is 8.25. The third-order valence-corrected chi connectivity index (χ3v) is 6.35. The lowest BCUT2D eigenvalue weighted by atomic mass is 9.67. The number of benzene rings is 1. The van der Waals surface area contributed by atoms with Crippen molar-refractivity contribution in [1.29, 1.82) is 0 Å². The predicted molar refractivity (Wildman–Crippen MR) is 109 cm³/mol. The van der Waals surface area contributed by atoms with Gasteiger partial charge in [0.05, 0.1) is 10.7 Å². The van der Waals surface area contributed by atoms with Gasteiger partial charge in [0.2, 0.25) is 0 Å². The third kappa shape index (κ3) is 4.03. The van der Waals surface area contributed by atoms with Gasteiger partial charge in [0.25, 0.3) is 5.91 Å². The second-order valence-corrected chi connectivity index (χ2v) is 8.14. The van der Waals surface area contributed by atoms with Gasteiger partial charge in [0.1, 0.15) is 0 Å². The summed E-state index contributed by atoms with van der Waals surface area (Å²) in [6.45, 7) is 1.13. The largest absolute Gasteiger partial charge is 0.349 e. The summed E-state index contributed by atoms with van der Waals surface area (Å²) in [5.41, 5.74) is 7.30. The first-order chi connectivity index (χ1) is 12.5. The van der Waals surface area contributed by atoms with Gasteiger partial charge in [0, 0.05) is 30.7 Å². The number of urea groups is 1. The highest BCUT2D eigenvalue weighted by Gasteiger charge is 2.40. The Bertz CT molecular complexity index is 716. The normalized spacial score (nSPS) is 29.7. The van der Waals surface area contributed by atoms with Crippen molar-refractivity contribution in [1.82, 2.24) is 10.6 Å². The molecule has 0 spiro atoms. The molecular formula is C19H26Cl2N4O2. The molecule has 1 aromatic rings. The number of halogens is 2. The minimum absolute atomic E-state index is 0. The molecule has 6 nitrogen and oxygen atoms in total. The Morgan fingerprint density at radius 1 is 1.26 bits per heavy atom. The Kier molecular flexibility index (Phi) is 6.18. The maximum absolute atomic E-state index is 12.9. The molecule has 4 rings (SSSR count). The van der Waals surface area contributed by atoms with E-state index in [9.17, 15) is 9.59 Å². The van der Waals surface area contributed by atoms with Gasteiger partial charge in [-0.15, -0.1) is 12.4 Å². The molecule has 4 N–H and O–H groups in total. The first kappa shape index (κ1) is 20.2. The van der Waals surface area contributed by atoms with Crippen LogP contribution in [0.2, 0.25) is 5.02 Å². The van der Waals surface area contributed by atoms with Crippen LogP contribution in [-0.2, 0) is 0 Å². The highest BCUT2D eigenvalue weighted by molar-refractivity contribution is 6.34. The van der Waals surface area contributed by atoms with Crippen molar-refractivity contribution in [2.24, 2.45) is 17.6 Å². The van der Waals surface area contributed by atoms with Crippen LogP contribution < -0.4 is 21.3 Å². The summed E-state index contributed by atoms with van der Waals surface area (Å²) in [6.07, 6.45) is 5.47. The van der Waals surface area contributed by atoms with Crippen LogP contribution >= 0.6 is 24.0 Å². The van der Waals surface area contributed by atoms with Gasteiger partial charge in [-0.3, -0.25) is 9.69 Å². The fraction of sp³-hybridized carbons (Fsp3) is 0.579. The van der Waals surface area contributed by atoms with Crippen LogP contribution in [0, 0.1) is 11.8 Å². The van der Waals surface area contributed by atoms with Crippen molar-refractivity contribution in [3.63, 3.8) is 0 Å². The highest BCUT2D eigenvalue weighted by atomic mass is 35.5. The fourth-order valence-corrected chi connectivity index (χ4v) is 5.04. The number of fused-ring (bicyclic) bond motifs is 2. The molecule has 3 fully saturated rings. The lowest BCUT2D eigenvalue weighted by molar-refractivity contribution is 0.0756. The Labute approximate surface area is 170 Å². The molecule has 1 aromatic carbocycles. The molecule has 2 bridgehead atoms. The minimum Gasteiger partial charge on any atom is -0.349 e. The van der Waals surface area contributed by atoms with Crippen molar-refractivity contribution >= 4 is 41.6 Å². The van der Waals surface area contributed by atoms with Gasteiger partial charge < -0.3 is 16.4 Å². The molecule has 3 aliphatic rings. The number of anilines is 1. The van der Waals surface area contributed by atoms with Gasteiger partial charge in [-0.05, 0) is 55.7 Å². The molecule has 1 heterocycles. The van der Waals surface area contributed by atoms with Crippen molar-refractivity contribution in [2.45, 2.75) is 44.2 Å². The molecule has 0 radical (unpaired) electrons. The number of amides is 3. The average Bonchev–Trinajstić information content (AvgIpc) is 3.02. The minimum atomic E-state index is -0.180. The first-order valence-electron chi connectivity index (χ1n) is 9.44. The summed E-state index contributed by atoms with van der Waals surface area (Å²) in [4.78, 5) is 26.4. The second-order valence-electron chi connectivity index (χ2n) is 7.73. The van der Waals surface area contributed by atoms with Gasteiger partial charge in [-0.2, -0.15) is 0 Å². The van der Waals surface area contributed by atoms with Crippen molar-refractivity contribution in [2.75, 3.05) is 18.0 Å². The van der Waals surface area contributed by atoms with E-state index in [1.165, 1.54) is 6.42 Å². The number of hydrogen-bond donors (Lipinski definition) is 3. The molecule has 27 heavy (non-hydrogen) atoms. The Morgan fingerprint density at radius 3 is 2.59 bits per heavy atom. The Hall–Kier alpha value is -1.50. The summed E-state index contributed by atoms with van der Waals surface area (Å²) in [7, 11) is 0. The van der Waals surface area contributed by atoms with Crippen LogP contribution in [0.1, 0.15) is 42.5 Å². The molecule has 2 saturated carbocycles. The SMILES string of the molecule is Cl.NC1CC2CCCC(C1)C2NC(=O)c1ccc(Cl)c(N2CCNC2=O)c1. The van der Waals surface area contributed by atoms with Gasteiger partial charge in [-0.1, -0.05) is 18.0 Å². The van der Waals surface area contributed by atoms with E-state index in [1.807, 2.05) is 0 Å². The van der Waals surface area contributed by atoms with Crippen LogP contribution in [0.3, 0.4) is 0 Å². The van der Waals surface area contributed by atoms with E-state index in [2.05, 4.69) is 10.6 Å². The van der Waals surface area contributed by atoms with Crippen LogP contribution in [0.4, 0.5) is 10.5 Å².